The van der Waals surface area contributed by atoms with Crippen molar-refractivity contribution in [2.24, 2.45) is 0 Å². The summed E-state index contributed by atoms with van der Waals surface area (Å²) in [6.07, 6.45) is 1.04. The molecule has 2 aromatic carbocycles. The van der Waals surface area contributed by atoms with Gasteiger partial charge in [-0.05, 0) is 29.7 Å². The number of hydrogen-bond donors (Lipinski definition) is 2. The lowest BCUT2D eigenvalue weighted by molar-refractivity contribution is 0.165. The second kappa shape index (κ2) is 10.2. The average Bonchev–Trinajstić information content (AvgIpc) is 2.69. The van der Waals surface area contributed by atoms with E-state index in [9.17, 15) is 8.42 Å². The number of piperazine rings is 1. The minimum Gasteiger partial charge on any atom is -0.314 e. The Labute approximate surface area is 168 Å². The second-order valence-corrected chi connectivity index (χ2v) is 8.33. The number of aryl methyl sites for hydroxylation is 1. The molecule has 2 N–H and O–H groups in total. The van der Waals surface area contributed by atoms with Crippen LogP contribution in [0.4, 0.5) is 0 Å². The molecular formula is C20H28ClN3O2S. The molecule has 7 heteroatoms. The molecular weight excluding hydrogens is 382 g/mol. The van der Waals surface area contributed by atoms with Gasteiger partial charge in [-0.25, -0.2) is 13.1 Å². The highest BCUT2D eigenvalue weighted by Gasteiger charge is 2.24. The molecule has 0 aliphatic carbocycles. The van der Waals surface area contributed by atoms with Gasteiger partial charge in [0.2, 0.25) is 10.0 Å². The number of halogens is 1. The van der Waals surface area contributed by atoms with E-state index in [1.165, 1.54) is 11.1 Å². The van der Waals surface area contributed by atoms with Crippen molar-refractivity contribution in [2.45, 2.75) is 24.3 Å². The van der Waals surface area contributed by atoms with E-state index in [2.05, 4.69) is 46.1 Å². The van der Waals surface area contributed by atoms with Crippen molar-refractivity contribution in [2.75, 3.05) is 32.7 Å². The van der Waals surface area contributed by atoms with Crippen LogP contribution < -0.4 is 10.0 Å². The zero-order valence-corrected chi connectivity index (χ0v) is 17.2. The Balaban J connectivity index is 0.00000261. The van der Waals surface area contributed by atoms with Crippen molar-refractivity contribution in [3.05, 3.63) is 65.7 Å². The maximum absolute atomic E-state index is 12.4. The van der Waals surface area contributed by atoms with Crippen LogP contribution in [0.15, 0.2) is 59.5 Å². The molecule has 0 aromatic heterocycles. The molecule has 1 aliphatic heterocycles. The normalized spacial score (nSPS) is 18.0. The molecule has 0 bridgehead atoms. The van der Waals surface area contributed by atoms with Gasteiger partial charge in [-0.1, -0.05) is 49.4 Å². The molecule has 5 nitrogen and oxygen atoms in total. The highest BCUT2D eigenvalue weighted by Crippen LogP contribution is 2.22. The van der Waals surface area contributed by atoms with E-state index in [0.717, 1.165) is 26.1 Å². The van der Waals surface area contributed by atoms with Crippen LogP contribution in [0.3, 0.4) is 0 Å². The van der Waals surface area contributed by atoms with Crippen molar-refractivity contribution in [1.82, 2.24) is 14.9 Å². The van der Waals surface area contributed by atoms with Gasteiger partial charge in [0, 0.05) is 38.8 Å². The van der Waals surface area contributed by atoms with Gasteiger partial charge in [0.1, 0.15) is 0 Å². The van der Waals surface area contributed by atoms with Crippen LogP contribution in [0.5, 0.6) is 0 Å². The predicted molar refractivity (Wildman–Crippen MR) is 112 cm³/mol. The van der Waals surface area contributed by atoms with Gasteiger partial charge in [0.05, 0.1) is 4.90 Å². The molecule has 2 aromatic rings. The van der Waals surface area contributed by atoms with Crippen molar-refractivity contribution in [3.8, 4) is 0 Å². The molecule has 1 aliphatic rings. The highest BCUT2D eigenvalue weighted by molar-refractivity contribution is 7.89. The van der Waals surface area contributed by atoms with Crippen LogP contribution in [0.25, 0.3) is 0 Å². The molecule has 0 amide bonds. The van der Waals surface area contributed by atoms with E-state index in [-0.39, 0.29) is 18.4 Å². The zero-order valence-electron chi connectivity index (χ0n) is 15.6. The quantitative estimate of drug-likeness (QED) is 0.737. The van der Waals surface area contributed by atoms with Crippen molar-refractivity contribution >= 4 is 22.4 Å². The van der Waals surface area contributed by atoms with Crippen molar-refractivity contribution < 1.29 is 8.42 Å². The van der Waals surface area contributed by atoms with Gasteiger partial charge in [-0.3, -0.25) is 4.90 Å². The molecule has 0 radical (unpaired) electrons. The number of benzene rings is 2. The highest BCUT2D eigenvalue weighted by atomic mass is 35.5. The standard InChI is InChI=1S/C20H27N3O2S.ClH/c1-2-17-8-10-18(11-9-17)20-16-21-12-14-23(20)15-13-22-26(24,25)19-6-4-3-5-7-19;/h3-11,20-22H,2,12-16H2,1H3;1H. The third kappa shape index (κ3) is 5.77. The summed E-state index contributed by atoms with van der Waals surface area (Å²) in [6.45, 7) is 5.97. The third-order valence-electron chi connectivity index (χ3n) is 4.87. The average molecular weight is 410 g/mol. The summed E-state index contributed by atoms with van der Waals surface area (Å²) in [6, 6.07) is 17.5. The van der Waals surface area contributed by atoms with Crippen LogP contribution >= 0.6 is 12.4 Å². The lowest BCUT2D eigenvalue weighted by Crippen LogP contribution is -2.48. The van der Waals surface area contributed by atoms with Crippen LogP contribution in [-0.4, -0.2) is 46.0 Å². The SMILES string of the molecule is CCc1ccc(C2CNCCN2CCNS(=O)(=O)c2ccccc2)cc1.Cl. The first kappa shape index (κ1) is 21.9. The first-order chi connectivity index (χ1) is 12.6. The Kier molecular flexibility index (Phi) is 8.26. The first-order valence-electron chi connectivity index (χ1n) is 9.18. The fourth-order valence-electron chi connectivity index (χ4n) is 3.32. The Hall–Kier alpha value is -1.44. The Morgan fingerprint density at radius 3 is 2.48 bits per heavy atom. The van der Waals surface area contributed by atoms with Gasteiger partial charge < -0.3 is 5.32 Å². The third-order valence-corrected chi connectivity index (χ3v) is 6.35. The minimum absolute atomic E-state index is 0. The van der Waals surface area contributed by atoms with Gasteiger partial charge in [0.15, 0.2) is 0 Å². The van der Waals surface area contributed by atoms with E-state index in [0.29, 0.717) is 18.0 Å². The molecule has 1 atom stereocenters. The minimum atomic E-state index is -3.44. The molecule has 27 heavy (non-hydrogen) atoms. The Morgan fingerprint density at radius 1 is 1.11 bits per heavy atom. The summed E-state index contributed by atoms with van der Waals surface area (Å²) >= 11 is 0. The smallest absolute Gasteiger partial charge is 0.240 e. The Morgan fingerprint density at radius 2 is 1.81 bits per heavy atom. The summed E-state index contributed by atoms with van der Waals surface area (Å²) in [5, 5.41) is 3.44. The first-order valence-corrected chi connectivity index (χ1v) is 10.7. The summed E-state index contributed by atoms with van der Waals surface area (Å²) in [5.74, 6) is 0. The largest absolute Gasteiger partial charge is 0.314 e. The van der Waals surface area contributed by atoms with E-state index in [4.69, 9.17) is 0 Å². The summed E-state index contributed by atoms with van der Waals surface area (Å²) in [5.41, 5.74) is 2.61. The number of rotatable bonds is 7. The topological polar surface area (TPSA) is 61.4 Å². The molecule has 0 spiro atoms. The van der Waals surface area contributed by atoms with E-state index in [1.807, 2.05) is 6.07 Å². The maximum atomic E-state index is 12.4. The molecule has 1 saturated heterocycles. The van der Waals surface area contributed by atoms with Gasteiger partial charge >= 0.3 is 0 Å². The lowest BCUT2D eigenvalue weighted by atomic mass is 10.0. The lowest BCUT2D eigenvalue weighted by Gasteiger charge is -2.36. The van der Waals surface area contributed by atoms with E-state index < -0.39 is 10.0 Å². The molecule has 3 rings (SSSR count). The maximum Gasteiger partial charge on any atom is 0.240 e. The van der Waals surface area contributed by atoms with Crippen LogP contribution in [0, 0.1) is 0 Å². The number of hydrogen-bond acceptors (Lipinski definition) is 4. The number of nitrogens with zero attached hydrogens (tertiary/aromatic N) is 1. The van der Waals surface area contributed by atoms with Gasteiger partial charge in [-0.2, -0.15) is 0 Å². The van der Waals surface area contributed by atoms with Crippen LogP contribution in [-0.2, 0) is 16.4 Å². The summed E-state index contributed by atoms with van der Waals surface area (Å²) < 4.78 is 27.4. The fourth-order valence-corrected chi connectivity index (χ4v) is 4.37. The van der Waals surface area contributed by atoms with Gasteiger partial charge in [0.25, 0.3) is 0 Å². The van der Waals surface area contributed by atoms with Gasteiger partial charge in [-0.15, -0.1) is 12.4 Å². The molecule has 1 unspecified atom stereocenters. The van der Waals surface area contributed by atoms with Crippen LogP contribution in [0.2, 0.25) is 0 Å². The Bertz CT molecular complexity index is 798. The fraction of sp³-hybridized carbons (Fsp3) is 0.400. The molecule has 0 saturated carbocycles. The molecule has 1 fully saturated rings. The molecule has 1 heterocycles. The zero-order chi connectivity index (χ0) is 18.4. The molecule has 148 valence electrons. The van der Waals surface area contributed by atoms with Crippen molar-refractivity contribution in [3.63, 3.8) is 0 Å². The predicted octanol–water partition coefficient (Wildman–Crippen LogP) is 2.60. The van der Waals surface area contributed by atoms with Crippen LogP contribution in [0.1, 0.15) is 24.1 Å². The van der Waals surface area contributed by atoms with Crippen molar-refractivity contribution in [1.29, 1.82) is 0 Å². The summed E-state index contributed by atoms with van der Waals surface area (Å²) in [4.78, 5) is 2.66. The monoisotopic (exact) mass is 409 g/mol. The number of nitrogens with one attached hydrogen (secondary N) is 2. The second-order valence-electron chi connectivity index (χ2n) is 6.56. The number of sulfonamides is 1. The summed E-state index contributed by atoms with van der Waals surface area (Å²) in [7, 11) is -3.44. The van der Waals surface area contributed by atoms with E-state index in [1.54, 1.807) is 24.3 Å². The van der Waals surface area contributed by atoms with E-state index >= 15 is 0 Å².